The first-order valence-corrected chi connectivity index (χ1v) is 6.91. The number of aromatic amines is 1. The van der Waals surface area contributed by atoms with Crippen molar-refractivity contribution in [2.45, 2.75) is 32.6 Å². The first-order chi connectivity index (χ1) is 9.51. The summed E-state index contributed by atoms with van der Waals surface area (Å²) in [6.07, 6.45) is 0.715. The molecule has 0 amide bonds. The second kappa shape index (κ2) is 5.90. The van der Waals surface area contributed by atoms with Crippen LogP contribution in [0.4, 0.5) is 5.82 Å². The molecule has 0 saturated heterocycles. The Labute approximate surface area is 119 Å². The molecule has 0 bridgehead atoms. The van der Waals surface area contributed by atoms with E-state index in [9.17, 15) is 4.79 Å². The standard InChI is InChI=1S/C16H21N3O/c1-4-13-18-14(10-15(20)19-13)17-11-16(2,3)12-8-6-5-7-9-12/h5-10H,4,11H2,1-3H3,(H2,17,18,19,20). The summed E-state index contributed by atoms with van der Waals surface area (Å²) in [4.78, 5) is 18.6. The SMILES string of the molecule is CCc1nc(NCC(C)(C)c2ccccc2)cc(=O)[nH]1. The third kappa shape index (κ3) is 3.47. The van der Waals surface area contributed by atoms with Gasteiger partial charge in [-0.3, -0.25) is 4.79 Å². The van der Waals surface area contributed by atoms with Crippen molar-refractivity contribution in [1.29, 1.82) is 0 Å². The van der Waals surface area contributed by atoms with Gasteiger partial charge in [0.1, 0.15) is 11.6 Å². The molecule has 0 fully saturated rings. The van der Waals surface area contributed by atoms with E-state index in [-0.39, 0.29) is 11.0 Å². The van der Waals surface area contributed by atoms with Gasteiger partial charge in [0.05, 0.1) is 0 Å². The number of nitrogens with zero attached hydrogens (tertiary/aromatic N) is 1. The molecule has 2 aromatic rings. The predicted molar refractivity (Wildman–Crippen MR) is 82.2 cm³/mol. The van der Waals surface area contributed by atoms with E-state index in [4.69, 9.17) is 0 Å². The summed E-state index contributed by atoms with van der Waals surface area (Å²) in [5.41, 5.74) is 1.11. The van der Waals surface area contributed by atoms with Crippen molar-refractivity contribution in [3.05, 3.63) is 58.1 Å². The van der Waals surface area contributed by atoms with Crippen LogP contribution >= 0.6 is 0 Å². The van der Waals surface area contributed by atoms with Crippen molar-refractivity contribution in [3.8, 4) is 0 Å². The molecule has 0 unspecified atom stereocenters. The molecule has 4 heteroatoms. The van der Waals surface area contributed by atoms with Gasteiger partial charge in [-0.1, -0.05) is 51.1 Å². The molecule has 0 spiro atoms. The first kappa shape index (κ1) is 14.3. The summed E-state index contributed by atoms with van der Waals surface area (Å²) < 4.78 is 0. The number of anilines is 1. The molecule has 2 rings (SSSR count). The lowest BCUT2D eigenvalue weighted by atomic mass is 9.85. The van der Waals surface area contributed by atoms with Crippen LogP contribution in [0.15, 0.2) is 41.2 Å². The molecule has 0 saturated carbocycles. The van der Waals surface area contributed by atoms with E-state index in [0.717, 1.165) is 6.54 Å². The van der Waals surface area contributed by atoms with Gasteiger partial charge in [-0.25, -0.2) is 4.98 Å². The minimum Gasteiger partial charge on any atom is -0.369 e. The minimum absolute atomic E-state index is 0.0298. The van der Waals surface area contributed by atoms with Gasteiger partial charge in [0, 0.05) is 24.4 Å². The fourth-order valence-electron chi connectivity index (χ4n) is 2.07. The topological polar surface area (TPSA) is 57.8 Å². The summed E-state index contributed by atoms with van der Waals surface area (Å²) in [6, 6.07) is 11.8. The Morgan fingerprint density at radius 3 is 2.60 bits per heavy atom. The Bertz CT molecular complexity index is 617. The number of aromatic nitrogens is 2. The second-order valence-corrected chi connectivity index (χ2v) is 5.53. The molecule has 20 heavy (non-hydrogen) atoms. The fraction of sp³-hybridized carbons (Fsp3) is 0.375. The predicted octanol–water partition coefficient (Wildman–Crippen LogP) is 2.72. The van der Waals surface area contributed by atoms with Crippen molar-refractivity contribution in [1.82, 2.24) is 9.97 Å². The van der Waals surface area contributed by atoms with Crippen LogP contribution in [0.25, 0.3) is 0 Å². The molecule has 0 aliphatic carbocycles. The van der Waals surface area contributed by atoms with Gasteiger partial charge in [-0.15, -0.1) is 0 Å². The molecular formula is C16H21N3O. The van der Waals surface area contributed by atoms with Gasteiger partial charge in [-0.05, 0) is 5.56 Å². The normalized spacial score (nSPS) is 11.3. The van der Waals surface area contributed by atoms with E-state index < -0.39 is 0 Å². The molecular weight excluding hydrogens is 250 g/mol. The highest BCUT2D eigenvalue weighted by atomic mass is 16.1. The summed E-state index contributed by atoms with van der Waals surface area (Å²) >= 11 is 0. The van der Waals surface area contributed by atoms with Gasteiger partial charge in [0.25, 0.3) is 5.56 Å². The lowest BCUT2D eigenvalue weighted by Gasteiger charge is -2.26. The minimum atomic E-state index is -0.114. The zero-order chi connectivity index (χ0) is 14.6. The van der Waals surface area contributed by atoms with E-state index in [2.05, 4.69) is 41.3 Å². The fourth-order valence-corrected chi connectivity index (χ4v) is 2.07. The molecule has 106 valence electrons. The van der Waals surface area contributed by atoms with Crippen LogP contribution in [0.1, 0.15) is 32.2 Å². The van der Waals surface area contributed by atoms with Gasteiger partial charge in [0.2, 0.25) is 0 Å². The third-order valence-electron chi connectivity index (χ3n) is 3.39. The Morgan fingerprint density at radius 2 is 1.95 bits per heavy atom. The van der Waals surface area contributed by atoms with Gasteiger partial charge in [0.15, 0.2) is 0 Å². The maximum atomic E-state index is 11.5. The molecule has 0 aliphatic rings. The number of nitrogens with one attached hydrogen (secondary N) is 2. The summed E-state index contributed by atoms with van der Waals surface area (Å²) in [5.74, 6) is 1.34. The number of H-pyrrole nitrogens is 1. The van der Waals surface area contributed by atoms with E-state index in [1.54, 1.807) is 0 Å². The Balaban J connectivity index is 2.12. The average molecular weight is 271 g/mol. The van der Waals surface area contributed by atoms with Crippen molar-refractivity contribution in [2.24, 2.45) is 0 Å². The zero-order valence-corrected chi connectivity index (χ0v) is 12.2. The van der Waals surface area contributed by atoms with E-state index in [0.29, 0.717) is 18.1 Å². The first-order valence-electron chi connectivity index (χ1n) is 6.91. The molecule has 1 aromatic heterocycles. The number of benzene rings is 1. The second-order valence-electron chi connectivity index (χ2n) is 5.53. The smallest absolute Gasteiger partial charge is 0.252 e. The Hall–Kier alpha value is -2.10. The molecule has 0 radical (unpaired) electrons. The highest BCUT2D eigenvalue weighted by Gasteiger charge is 2.20. The molecule has 0 atom stereocenters. The monoisotopic (exact) mass is 271 g/mol. The summed E-state index contributed by atoms with van der Waals surface area (Å²) in [6.45, 7) is 7.03. The number of hydrogen-bond donors (Lipinski definition) is 2. The van der Waals surface area contributed by atoms with Crippen LogP contribution in [-0.4, -0.2) is 16.5 Å². The van der Waals surface area contributed by atoms with Crippen LogP contribution in [0.3, 0.4) is 0 Å². The van der Waals surface area contributed by atoms with Crippen molar-refractivity contribution in [2.75, 3.05) is 11.9 Å². The lowest BCUT2D eigenvalue weighted by molar-refractivity contribution is 0.556. The number of aryl methyl sites for hydroxylation is 1. The number of hydrogen-bond acceptors (Lipinski definition) is 3. The maximum absolute atomic E-state index is 11.5. The third-order valence-corrected chi connectivity index (χ3v) is 3.39. The van der Waals surface area contributed by atoms with Crippen LogP contribution in [0, 0.1) is 0 Å². The van der Waals surface area contributed by atoms with Crippen LogP contribution in [0.5, 0.6) is 0 Å². The molecule has 0 aliphatic heterocycles. The summed E-state index contributed by atoms with van der Waals surface area (Å²) in [7, 11) is 0. The van der Waals surface area contributed by atoms with Gasteiger partial charge < -0.3 is 10.3 Å². The molecule has 1 heterocycles. The largest absolute Gasteiger partial charge is 0.369 e. The van der Waals surface area contributed by atoms with Gasteiger partial charge >= 0.3 is 0 Å². The highest BCUT2D eigenvalue weighted by molar-refractivity contribution is 5.35. The molecule has 2 N–H and O–H groups in total. The Kier molecular flexibility index (Phi) is 4.23. The maximum Gasteiger partial charge on any atom is 0.252 e. The lowest BCUT2D eigenvalue weighted by Crippen LogP contribution is -2.28. The Morgan fingerprint density at radius 1 is 1.25 bits per heavy atom. The van der Waals surface area contributed by atoms with Gasteiger partial charge in [-0.2, -0.15) is 0 Å². The number of rotatable bonds is 5. The van der Waals surface area contributed by atoms with Crippen molar-refractivity contribution >= 4 is 5.82 Å². The quantitative estimate of drug-likeness (QED) is 0.879. The van der Waals surface area contributed by atoms with Crippen LogP contribution < -0.4 is 10.9 Å². The summed E-state index contributed by atoms with van der Waals surface area (Å²) in [5, 5.41) is 3.27. The van der Waals surface area contributed by atoms with E-state index in [1.165, 1.54) is 11.6 Å². The zero-order valence-electron chi connectivity index (χ0n) is 12.2. The van der Waals surface area contributed by atoms with Crippen molar-refractivity contribution in [3.63, 3.8) is 0 Å². The van der Waals surface area contributed by atoms with Crippen LogP contribution in [-0.2, 0) is 11.8 Å². The molecule has 1 aromatic carbocycles. The average Bonchev–Trinajstić information content (AvgIpc) is 2.45. The van der Waals surface area contributed by atoms with Crippen LogP contribution in [0.2, 0.25) is 0 Å². The van der Waals surface area contributed by atoms with E-state index >= 15 is 0 Å². The van der Waals surface area contributed by atoms with Crippen molar-refractivity contribution < 1.29 is 0 Å². The highest BCUT2D eigenvalue weighted by Crippen LogP contribution is 2.22. The van der Waals surface area contributed by atoms with E-state index in [1.807, 2.05) is 25.1 Å². The molecule has 4 nitrogen and oxygen atoms in total.